The van der Waals surface area contributed by atoms with E-state index in [1.54, 1.807) is 6.07 Å². The molecule has 3 rings (SSSR count). The second kappa shape index (κ2) is 16.8. The van der Waals surface area contributed by atoms with E-state index < -0.39 is 0 Å². The molecule has 0 spiro atoms. The number of amides is 1. The molecule has 0 saturated heterocycles. The van der Waals surface area contributed by atoms with Gasteiger partial charge in [0, 0.05) is 25.7 Å². The number of benzene rings is 2. The third-order valence-corrected chi connectivity index (χ3v) is 5.51. The van der Waals surface area contributed by atoms with Gasteiger partial charge in [-0.1, -0.05) is 49.6 Å². The van der Waals surface area contributed by atoms with Gasteiger partial charge < -0.3 is 20.7 Å². The van der Waals surface area contributed by atoms with Crippen LogP contribution in [0.2, 0.25) is 0 Å². The van der Waals surface area contributed by atoms with Gasteiger partial charge in [-0.15, -0.1) is 24.8 Å². The Morgan fingerprint density at radius 2 is 1.50 bits per heavy atom. The Morgan fingerprint density at radius 3 is 2.28 bits per heavy atom. The summed E-state index contributed by atoms with van der Waals surface area (Å²) < 4.78 is 5.88. The zero-order valence-corrected chi connectivity index (χ0v) is 20.3. The van der Waals surface area contributed by atoms with Crippen LogP contribution in [-0.4, -0.2) is 38.1 Å². The number of hydrogen-bond donors (Lipinski definition) is 3. The lowest BCUT2D eigenvalue weighted by Crippen LogP contribution is -2.36. The zero-order valence-electron chi connectivity index (χ0n) is 18.7. The summed E-state index contributed by atoms with van der Waals surface area (Å²) in [7, 11) is 0. The Bertz CT molecular complexity index is 756. The molecule has 1 amide bonds. The fourth-order valence-electron chi connectivity index (χ4n) is 3.83. The number of carbonyl (C=O) groups is 1. The maximum Gasteiger partial charge on any atom is 0.255 e. The zero-order chi connectivity index (χ0) is 20.9. The van der Waals surface area contributed by atoms with Gasteiger partial charge in [0.2, 0.25) is 0 Å². The summed E-state index contributed by atoms with van der Waals surface area (Å²) in [6, 6.07) is 17.6. The lowest BCUT2D eigenvalue weighted by molar-refractivity contribution is 0.0950. The highest BCUT2D eigenvalue weighted by Crippen LogP contribution is 2.24. The van der Waals surface area contributed by atoms with E-state index in [0.29, 0.717) is 17.9 Å². The van der Waals surface area contributed by atoms with Gasteiger partial charge in [0.25, 0.3) is 5.91 Å². The molecule has 7 heteroatoms. The molecule has 0 radical (unpaired) electrons. The summed E-state index contributed by atoms with van der Waals surface area (Å²) in [5.41, 5.74) is 0.563. The number of nitrogens with one attached hydrogen (secondary N) is 3. The summed E-state index contributed by atoms with van der Waals surface area (Å²) >= 11 is 0. The van der Waals surface area contributed by atoms with Crippen molar-refractivity contribution in [1.29, 1.82) is 0 Å². The minimum absolute atomic E-state index is 0. The summed E-state index contributed by atoms with van der Waals surface area (Å²) in [5, 5.41) is 10.1. The predicted molar refractivity (Wildman–Crippen MR) is 137 cm³/mol. The van der Waals surface area contributed by atoms with Crippen molar-refractivity contribution in [1.82, 2.24) is 16.0 Å². The standard InChI is InChI=1S/C25H35N3O2.2ClH/c29-25(23-15-7-8-16-24(23)30-22-13-5-2-6-14-22)28-18-10-9-17-26-19-20-27-21-11-3-1-4-12-21;;/h2,5-8,13-16,21,26-27H,1,3-4,9-12,17-20H2,(H,28,29);2*1H. The molecule has 1 aliphatic rings. The van der Waals surface area contributed by atoms with E-state index in [-0.39, 0.29) is 30.7 Å². The molecule has 0 unspecified atom stereocenters. The summed E-state index contributed by atoms with van der Waals surface area (Å²) in [4.78, 5) is 12.6. The smallest absolute Gasteiger partial charge is 0.255 e. The van der Waals surface area contributed by atoms with Crippen LogP contribution < -0.4 is 20.7 Å². The normalized spacial score (nSPS) is 13.5. The first kappa shape index (κ1) is 28.2. The van der Waals surface area contributed by atoms with Gasteiger partial charge in [-0.05, 0) is 56.5 Å². The van der Waals surface area contributed by atoms with E-state index in [2.05, 4.69) is 16.0 Å². The molecule has 0 atom stereocenters. The minimum Gasteiger partial charge on any atom is -0.457 e. The SMILES string of the molecule is Cl.Cl.O=C(NCCCCNCCNC1CCCCC1)c1ccccc1Oc1ccccc1. The van der Waals surface area contributed by atoms with Crippen LogP contribution in [0, 0.1) is 0 Å². The van der Waals surface area contributed by atoms with Crippen molar-refractivity contribution < 1.29 is 9.53 Å². The number of ether oxygens (including phenoxy) is 1. The van der Waals surface area contributed by atoms with E-state index in [4.69, 9.17) is 4.74 Å². The number of halogens is 2. The van der Waals surface area contributed by atoms with Gasteiger partial charge in [-0.3, -0.25) is 4.79 Å². The molecule has 0 bridgehead atoms. The summed E-state index contributed by atoms with van der Waals surface area (Å²) in [6.07, 6.45) is 8.82. The van der Waals surface area contributed by atoms with Crippen molar-refractivity contribution in [3.63, 3.8) is 0 Å². The van der Waals surface area contributed by atoms with Crippen LogP contribution in [0.25, 0.3) is 0 Å². The number of para-hydroxylation sites is 2. The van der Waals surface area contributed by atoms with Crippen molar-refractivity contribution in [3.8, 4) is 11.5 Å². The summed E-state index contributed by atoms with van der Waals surface area (Å²) in [5.74, 6) is 1.21. The van der Waals surface area contributed by atoms with Gasteiger partial charge in [-0.25, -0.2) is 0 Å². The number of hydrogen-bond acceptors (Lipinski definition) is 4. The molecule has 178 valence electrons. The van der Waals surface area contributed by atoms with Crippen LogP contribution in [0.5, 0.6) is 11.5 Å². The average molecular weight is 482 g/mol. The molecule has 5 nitrogen and oxygen atoms in total. The van der Waals surface area contributed by atoms with Crippen molar-refractivity contribution >= 4 is 30.7 Å². The number of rotatable bonds is 12. The fourth-order valence-corrected chi connectivity index (χ4v) is 3.83. The van der Waals surface area contributed by atoms with Gasteiger partial charge in [-0.2, -0.15) is 0 Å². The van der Waals surface area contributed by atoms with Crippen LogP contribution >= 0.6 is 24.8 Å². The molecule has 0 aliphatic heterocycles. The van der Waals surface area contributed by atoms with Gasteiger partial charge >= 0.3 is 0 Å². The van der Waals surface area contributed by atoms with Crippen LogP contribution in [0.3, 0.4) is 0 Å². The number of unbranched alkanes of at least 4 members (excludes halogenated alkanes) is 1. The van der Waals surface area contributed by atoms with Crippen LogP contribution in [-0.2, 0) is 0 Å². The van der Waals surface area contributed by atoms with E-state index in [1.807, 2.05) is 48.5 Å². The Morgan fingerprint density at radius 1 is 0.812 bits per heavy atom. The monoisotopic (exact) mass is 481 g/mol. The first-order valence-corrected chi connectivity index (χ1v) is 11.4. The first-order valence-electron chi connectivity index (χ1n) is 11.4. The van der Waals surface area contributed by atoms with Gasteiger partial charge in [0.05, 0.1) is 5.56 Å². The quantitative estimate of drug-likeness (QED) is 0.357. The first-order chi connectivity index (χ1) is 14.8. The highest BCUT2D eigenvalue weighted by Gasteiger charge is 2.13. The molecule has 0 aromatic heterocycles. The minimum atomic E-state index is -0.0915. The Labute approximate surface area is 204 Å². The molecule has 1 saturated carbocycles. The molecule has 2 aromatic carbocycles. The largest absolute Gasteiger partial charge is 0.457 e. The van der Waals surface area contributed by atoms with Crippen LogP contribution in [0.15, 0.2) is 54.6 Å². The average Bonchev–Trinajstić information content (AvgIpc) is 2.79. The molecule has 2 aromatic rings. The topological polar surface area (TPSA) is 62.4 Å². The summed E-state index contributed by atoms with van der Waals surface area (Å²) in [6.45, 7) is 3.70. The van der Waals surface area contributed by atoms with Gasteiger partial charge in [0.1, 0.15) is 11.5 Å². The van der Waals surface area contributed by atoms with E-state index in [0.717, 1.165) is 44.3 Å². The molecule has 3 N–H and O–H groups in total. The molecular formula is C25H37Cl2N3O2. The van der Waals surface area contributed by atoms with Crippen LogP contribution in [0.4, 0.5) is 0 Å². The molecular weight excluding hydrogens is 445 g/mol. The second-order valence-corrected chi connectivity index (χ2v) is 7.91. The van der Waals surface area contributed by atoms with E-state index >= 15 is 0 Å². The molecule has 1 aliphatic carbocycles. The maximum atomic E-state index is 12.6. The van der Waals surface area contributed by atoms with E-state index in [1.165, 1.54) is 32.1 Å². The third-order valence-electron chi connectivity index (χ3n) is 5.51. The van der Waals surface area contributed by atoms with Crippen molar-refractivity contribution in [3.05, 3.63) is 60.2 Å². The highest BCUT2D eigenvalue weighted by molar-refractivity contribution is 5.97. The Balaban J connectivity index is 0.00000256. The van der Waals surface area contributed by atoms with Crippen LogP contribution in [0.1, 0.15) is 55.3 Å². The van der Waals surface area contributed by atoms with Crippen molar-refractivity contribution in [2.45, 2.75) is 51.0 Å². The Hall–Kier alpha value is -1.79. The lowest BCUT2D eigenvalue weighted by atomic mass is 9.95. The lowest BCUT2D eigenvalue weighted by Gasteiger charge is -2.22. The Kier molecular flexibility index (Phi) is 14.8. The van der Waals surface area contributed by atoms with Crippen molar-refractivity contribution in [2.75, 3.05) is 26.2 Å². The fraction of sp³-hybridized carbons (Fsp3) is 0.480. The molecule has 32 heavy (non-hydrogen) atoms. The second-order valence-electron chi connectivity index (χ2n) is 7.91. The third kappa shape index (κ3) is 10.2. The van der Waals surface area contributed by atoms with Gasteiger partial charge in [0.15, 0.2) is 0 Å². The molecule has 0 heterocycles. The highest BCUT2D eigenvalue weighted by atomic mass is 35.5. The molecule has 1 fully saturated rings. The van der Waals surface area contributed by atoms with Crippen molar-refractivity contribution in [2.24, 2.45) is 0 Å². The number of carbonyl (C=O) groups excluding carboxylic acids is 1. The maximum absolute atomic E-state index is 12.6. The predicted octanol–water partition coefficient (Wildman–Crippen LogP) is 5.34. The van der Waals surface area contributed by atoms with E-state index in [9.17, 15) is 4.79 Å².